The van der Waals surface area contributed by atoms with Crippen molar-refractivity contribution in [3.8, 4) is 0 Å². The number of aromatic amines is 1. The van der Waals surface area contributed by atoms with Crippen molar-refractivity contribution in [3.05, 3.63) is 18.2 Å². The van der Waals surface area contributed by atoms with Crippen molar-refractivity contribution in [3.63, 3.8) is 0 Å². The molecule has 0 fully saturated rings. The molecule has 0 unspecified atom stereocenters. The Morgan fingerprint density at radius 1 is 1.43 bits per heavy atom. The standard InChI is InChI=1S/C6H8N8/c7-4-1-5(10-3-9-4)8-2-6-11-13-14-12-6/h1,3H,2H2,(H3,7,8,9,10)(H,11,12,13,14). The maximum Gasteiger partial charge on any atom is 0.193 e. The first-order valence-corrected chi connectivity index (χ1v) is 3.88. The van der Waals surface area contributed by atoms with Gasteiger partial charge in [-0.15, -0.1) is 10.2 Å². The molecule has 0 aliphatic carbocycles. The summed E-state index contributed by atoms with van der Waals surface area (Å²) in [6.07, 6.45) is 1.38. The van der Waals surface area contributed by atoms with Gasteiger partial charge < -0.3 is 11.1 Å². The lowest BCUT2D eigenvalue weighted by Crippen LogP contribution is -2.04. The Bertz CT molecular complexity index is 396. The lowest BCUT2D eigenvalue weighted by atomic mass is 10.5. The van der Waals surface area contributed by atoms with Crippen LogP contribution in [0.1, 0.15) is 5.82 Å². The van der Waals surface area contributed by atoms with Crippen LogP contribution in [-0.4, -0.2) is 30.6 Å². The Kier molecular flexibility index (Phi) is 2.17. The highest BCUT2D eigenvalue weighted by atomic mass is 15.5. The monoisotopic (exact) mass is 192 g/mol. The van der Waals surface area contributed by atoms with Gasteiger partial charge in [0.2, 0.25) is 0 Å². The number of nitrogens with zero attached hydrogens (tertiary/aromatic N) is 5. The van der Waals surface area contributed by atoms with Crippen LogP contribution in [0.3, 0.4) is 0 Å². The minimum absolute atomic E-state index is 0.413. The Morgan fingerprint density at radius 2 is 2.36 bits per heavy atom. The number of hydrogen-bond donors (Lipinski definition) is 3. The van der Waals surface area contributed by atoms with Crippen molar-refractivity contribution in [1.82, 2.24) is 30.6 Å². The first kappa shape index (κ1) is 8.35. The van der Waals surface area contributed by atoms with Crippen LogP contribution in [0.2, 0.25) is 0 Å². The van der Waals surface area contributed by atoms with Crippen LogP contribution in [0.4, 0.5) is 11.6 Å². The van der Waals surface area contributed by atoms with Gasteiger partial charge in [0, 0.05) is 6.07 Å². The topological polar surface area (TPSA) is 118 Å². The fourth-order valence-corrected chi connectivity index (χ4v) is 0.896. The second-order valence-electron chi connectivity index (χ2n) is 2.51. The number of nitrogen functional groups attached to an aromatic ring is 1. The van der Waals surface area contributed by atoms with E-state index in [-0.39, 0.29) is 0 Å². The first-order chi connectivity index (χ1) is 6.84. The van der Waals surface area contributed by atoms with Gasteiger partial charge in [0.15, 0.2) is 5.82 Å². The summed E-state index contributed by atoms with van der Waals surface area (Å²) in [6, 6.07) is 1.63. The minimum atomic E-state index is 0.413. The average Bonchev–Trinajstić information content (AvgIpc) is 2.67. The van der Waals surface area contributed by atoms with Gasteiger partial charge >= 0.3 is 0 Å². The largest absolute Gasteiger partial charge is 0.384 e. The zero-order valence-corrected chi connectivity index (χ0v) is 7.18. The smallest absolute Gasteiger partial charge is 0.193 e. The van der Waals surface area contributed by atoms with Crippen LogP contribution >= 0.6 is 0 Å². The fourth-order valence-electron chi connectivity index (χ4n) is 0.896. The molecule has 0 aliphatic rings. The molecule has 2 heterocycles. The van der Waals surface area contributed by atoms with Crippen LogP contribution in [0.5, 0.6) is 0 Å². The number of aromatic nitrogens is 6. The second kappa shape index (κ2) is 3.64. The van der Waals surface area contributed by atoms with E-state index in [1.165, 1.54) is 6.33 Å². The van der Waals surface area contributed by atoms with E-state index in [1.54, 1.807) is 6.07 Å². The Balaban J connectivity index is 1.98. The summed E-state index contributed by atoms with van der Waals surface area (Å²) in [5.74, 6) is 1.60. The summed E-state index contributed by atoms with van der Waals surface area (Å²) in [7, 11) is 0. The van der Waals surface area contributed by atoms with Crippen molar-refractivity contribution in [2.24, 2.45) is 0 Å². The van der Waals surface area contributed by atoms with Gasteiger partial charge in [0.25, 0.3) is 0 Å². The molecule has 0 spiro atoms. The van der Waals surface area contributed by atoms with Gasteiger partial charge in [-0.2, -0.15) is 5.21 Å². The van der Waals surface area contributed by atoms with E-state index in [0.29, 0.717) is 24.0 Å². The van der Waals surface area contributed by atoms with E-state index in [0.717, 1.165) is 0 Å². The summed E-state index contributed by atoms with van der Waals surface area (Å²) in [5, 5.41) is 16.3. The highest BCUT2D eigenvalue weighted by molar-refractivity contribution is 5.43. The number of H-pyrrole nitrogens is 1. The molecule has 2 aromatic heterocycles. The lowest BCUT2D eigenvalue weighted by molar-refractivity contribution is 0.881. The highest BCUT2D eigenvalue weighted by Gasteiger charge is 1.98. The van der Waals surface area contributed by atoms with Gasteiger partial charge in [-0.25, -0.2) is 9.97 Å². The molecule has 0 amide bonds. The zero-order valence-electron chi connectivity index (χ0n) is 7.18. The van der Waals surface area contributed by atoms with Crippen molar-refractivity contribution in [2.45, 2.75) is 6.54 Å². The molecule has 8 nitrogen and oxygen atoms in total. The highest BCUT2D eigenvalue weighted by Crippen LogP contribution is 2.04. The van der Waals surface area contributed by atoms with Gasteiger partial charge in [0.05, 0.1) is 6.54 Å². The van der Waals surface area contributed by atoms with Crippen molar-refractivity contribution in [2.75, 3.05) is 11.1 Å². The van der Waals surface area contributed by atoms with E-state index in [9.17, 15) is 0 Å². The lowest BCUT2D eigenvalue weighted by Gasteiger charge is -2.01. The maximum absolute atomic E-state index is 5.47. The SMILES string of the molecule is Nc1cc(NCc2nn[nH]n2)ncn1. The van der Waals surface area contributed by atoms with Crippen LogP contribution in [-0.2, 0) is 6.54 Å². The quantitative estimate of drug-likeness (QED) is 0.581. The van der Waals surface area contributed by atoms with Crippen molar-refractivity contribution >= 4 is 11.6 Å². The molecular formula is C6H8N8. The number of anilines is 2. The van der Waals surface area contributed by atoms with Crippen LogP contribution in [0, 0.1) is 0 Å². The number of rotatable bonds is 3. The van der Waals surface area contributed by atoms with E-state index >= 15 is 0 Å². The summed E-state index contributed by atoms with van der Waals surface area (Å²) < 4.78 is 0. The molecule has 0 saturated heterocycles. The molecule has 2 aromatic rings. The molecule has 14 heavy (non-hydrogen) atoms. The van der Waals surface area contributed by atoms with Crippen LogP contribution < -0.4 is 11.1 Å². The second-order valence-corrected chi connectivity index (χ2v) is 2.51. The van der Waals surface area contributed by atoms with Gasteiger partial charge in [-0.3, -0.25) is 0 Å². The third kappa shape index (κ3) is 1.91. The first-order valence-electron chi connectivity index (χ1n) is 3.88. The minimum Gasteiger partial charge on any atom is -0.384 e. The number of nitrogens with one attached hydrogen (secondary N) is 2. The van der Waals surface area contributed by atoms with E-state index in [1.807, 2.05) is 0 Å². The molecule has 0 aromatic carbocycles. The fraction of sp³-hybridized carbons (Fsp3) is 0.167. The van der Waals surface area contributed by atoms with E-state index in [4.69, 9.17) is 5.73 Å². The Morgan fingerprint density at radius 3 is 3.07 bits per heavy atom. The summed E-state index contributed by atoms with van der Waals surface area (Å²) >= 11 is 0. The van der Waals surface area contributed by atoms with Crippen LogP contribution in [0.15, 0.2) is 12.4 Å². The summed E-state index contributed by atoms with van der Waals surface area (Å²) in [6.45, 7) is 0.437. The molecule has 8 heteroatoms. The van der Waals surface area contributed by atoms with Crippen molar-refractivity contribution in [1.29, 1.82) is 0 Å². The summed E-state index contributed by atoms with van der Waals surface area (Å²) in [4.78, 5) is 7.71. The molecule has 0 aliphatic heterocycles. The van der Waals surface area contributed by atoms with E-state index < -0.39 is 0 Å². The number of nitrogens with two attached hydrogens (primary N) is 1. The van der Waals surface area contributed by atoms with Crippen molar-refractivity contribution < 1.29 is 0 Å². The predicted molar refractivity (Wildman–Crippen MR) is 47.9 cm³/mol. The van der Waals surface area contributed by atoms with Crippen LogP contribution in [0.25, 0.3) is 0 Å². The van der Waals surface area contributed by atoms with Gasteiger partial charge in [-0.05, 0) is 0 Å². The normalized spacial score (nSPS) is 10.0. The summed E-state index contributed by atoms with van der Waals surface area (Å²) in [5.41, 5.74) is 5.47. The molecular weight excluding hydrogens is 184 g/mol. The Labute approximate surface area is 79.0 Å². The van der Waals surface area contributed by atoms with Gasteiger partial charge in [-0.1, -0.05) is 5.21 Å². The molecule has 0 radical (unpaired) electrons. The van der Waals surface area contributed by atoms with Gasteiger partial charge in [0.1, 0.15) is 18.0 Å². The molecule has 2 rings (SSSR count). The zero-order chi connectivity index (χ0) is 9.80. The molecule has 4 N–H and O–H groups in total. The predicted octanol–water partition coefficient (Wildman–Crippen LogP) is -0.816. The molecule has 0 bridgehead atoms. The molecule has 0 atom stereocenters. The third-order valence-electron chi connectivity index (χ3n) is 1.51. The van der Waals surface area contributed by atoms with E-state index in [2.05, 4.69) is 35.9 Å². The number of tetrazole rings is 1. The molecule has 0 saturated carbocycles. The average molecular weight is 192 g/mol. The molecule has 72 valence electrons. The Hall–Kier alpha value is -2.25. The number of hydrogen-bond acceptors (Lipinski definition) is 7. The maximum atomic E-state index is 5.47. The third-order valence-corrected chi connectivity index (χ3v) is 1.51.